The van der Waals surface area contributed by atoms with Crippen molar-refractivity contribution in [3.63, 3.8) is 0 Å². The molecule has 7 nitrogen and oxygen atoms in total. The lowest BCUT2D eigenvalue weighted by Crippen LogP contribution is -2.02. The fraction of sp³-hybridized carbons (Fsp3) is 0.0667. The molecule has 2 aromatic heterocycles. The van der Waals surface area contributed by atoms with Crippen LogP contribution in [0.1, 0.15) is 16.3 Å². The Balaban J connectivity index is 2.00. The van der Waals surface area contributed by atoms with Gasteiger partial charge in [0.05, 0.1) is 5.52 Å². The van der Waals surface area contributed by atoms with Crippen LogP contribution in [0.15, 0.2) is 42.5 Å². The van der Waals surface area contributed by atoms with Crippen molar-refractivity contribution in [1.29, 1.82) is 0 Å². The number of carbonyl (C=O) groups is 1. The second-order valence-electron chi connectivity index (χ2n) is 4.54. The first-order chi connectivity index (χ1) is 10.6. The van der Waals surface area contributed by atoms with E-state index in [0.29, 0.717) is 0 Å². The van der Waals surface area contributed by atoms with Crippen LogP contribution >= 0.6 is 0 Å². The molecule has 0 bridgehead atoms. The Morgan fingerprint density at radius 3 is 2.64 bits per heavy atom. The Hall–Kier alpha value is -3.22. The Labute approximate surface area is 124 Å². The first kappa shape index (κ1) is 13.7. The van der Waals surface area contributed by atoms with Crippen LogP contribution in [-0.4, -0.2) is 30.7 Å². The van der Waals surface area contributed by atoms with Crippen LogP contribution in [0.4, 0.5) is 0 Å². The van der Waals surface area contributed by atoms with E-state index in [4.69, 9.17) is 4.74 Å². The van der Waals surface area contributed by atoms with Crippen LogP contribution in [0.3, 0.4) is 0 Å². The van der Waals surface area contributed by atoms with Crippen molar-refractivity contribution in [2.75, 3.05) is 0 Å². The summed E-state index contributed by atoms with van der Waals surface area (Å²) in [6.07, 6.45) is 0. The third kappa shape index (κ3) is 2.28. The quantitative estimate of drug-likeness (QED) is 0.681. The molecule has 3 aromatic rings. The highest BCUT2D eigenvalue weighted by Crippen LogP contribution is 2.26. The summed E-state index contributed by atoms with van der Waals surface area (Å²) < 4.78 is 6.74. The first-order valence-electron chi connectivity index (χ1n) is 6.41. The minimum absolute atomic E-state index is 0.0361. The van der Waals surface area contributed by atoms with E-state index in [1.807, 2.05) is 0 Å². The van der Waals surface area contributed by atoms with Gasteiger partial charge < -0.3 is 20.1 Å². The van der Waals surface area contributed by atoms with Gasteiger partial charge >= 0.3 is 5.97 Å². The van der Waals surface area contributed by atoms with Crippen LogP contribution in [0.25, 0.3) is 5.52 Å². The molecule has 0 unspecified atom stereocenters. The molecular weight excluding hydrogens is 288 g/mol. The number of hydrogen-bond donors (Lipinski definition) is 3. The van der Waals surface area contributed by atoms with Gasteiger partial charge in [0.25, 0.3) is 0 Å². The van der Waals surface area contributed by atoms with Crippen molar-refractivity contribution in [3.8, 4) is 17.4 Å². The predicted octanol–water partition coefficient (Wildman–Crippen LogP) is 2.02. The van der Waals surface area contributed by atoms with Crippen molar-refractivity contribution in [2.24, 2.45) is 0 Å². The highest BCUT2D eigenvalue weighted by molar-refractivity contribution is 5.93. The maximum Gasteiger partial charge on any atom is 0.356 e. The van der Waals surface area contributed by atoms with Crippen LogP contribution in [0.5, 0.6) is 17.4 Å². The van der Waals surface area contributed by atoms with E-state index in [-0.39, 0.29) is 41.0 Å². The van der Waals surface area contributed by atoms with Gasteiger partial charge in [-0.3, -0.25) is 4.40 Å². The highest BCUT2D eigenvalue weighted by Gasteiger charge is 2.19. The third-order valence-electron chi connectivity index (χ3n) is 3.14. The van der Waals surface area contributed by atoms with Gasteiger partial charge in [-0.1, -0.05) is 18.2 Å². The summed E-state index contributed by atoms with van der Waals surface area (Å²) in [5.74, 6) is -0.920. The van der Waals surface area contributed by atoms with Gasteiger partial charge in [0, 0.05) is 0 Å². The van der Waals surface area contributed by atoms with Gasteiger partial charge in [-0.25, -0.2) is 9.78 Å². The van der Waals surface area contributed by atoms with E-state index < -0.39 is 5.97 Å². The molecule has 22 heavy (non-hydrogen) atoms. The number of pyridine rings is 1. The maximum atomic E-state index is 11.2. The number of fused-ring (bicyclic) bond motifs is 1. The molecule has 0 fully saturated rings. The van der Waals surface area contributed by atoms with Crippen LogP contribution in [0, 0.1) is 0 Å². The molecule has 3 rings (SSSR count). The van der Waals surface area contributed by atoms with Crippen LogP contribution in [0.2, 0.25) is 0 Å². The fourth-order valence-electron chi connectivity index (χ4n) is 2.17. The first-order valence-corrected chi connectivity index (χ1v) is 6.41. The van der Waals surface area contributed by atoms with Crippen LogP contribution in [-0.2, 0) is 6.61 Å². The number of phenols is 1. The summed E-state index contributed by atoms with van der Waals surface area (Å²) in [6.45, 7) is -0.108. The number of benzene rings is 1. The Kier molecular flexibility index (Phi) is 3.30. The Morgan fingerprint density at radius 1 is 1.14 bits per heavy atom. The van der Waals surface area contributed by atoms with E-state index in [0.717, 1.165) is 0 Å². The molecule has 0 aliphatic rings. The summed E-state index contributed by atoms with van der Waals surface area (Å²) in [4.78, 5) is 15.2. The average Bonchev–Trinajstić information content (AvgIpc) is 2.87. The largest absolute Gasteiger partial charge is 0.504 e. The maximum absolute atomic E-state index is 11.2. The van der Waals surface area contributed by atoms with Gasteiger partial charge in [0.15, 0.2) is 28.9 Å². The number of carboxylic acid groups (broad SMARTS) is 1. The minimum Gasteiger partial charge on any atom is -0.504 e. The van der Waals surface area contributed by atoms with E-state index >= 15 is 0 Å². The number of aromatic carboxylic acids is 1. The number of phenolic OH excluding ortho intramolecular Hbond substituents is 1. The second-order valence-corrected chi connectivity index (χ2v) is 4.54. The fourth-order valence-corrected chi connectivity index (χ4v) is 2.17. The van der Waals surface area contributed by atoms with Crippen LogP contribution < -0.4 is 4.74 Å². The molecule has 0 radical (unpaired) electrons. The lowest BCUT2D eigenvalue weighted by atomic mass is 10.3. The minimum atomic E-state index is -1.20. The van der Waals surface area contributed by atoms with E-state index in [9.17, 15) is 20.1 Å². The topological polar surface area (TPSA) is 104 Å². The monoisotopic (exact) mass is 300 g/mol. The van der Waals surface area contributed by atoms with Crippen molar-refractivity contribution in [1.82, 2.24) is 9.38 Å². The second kappa shape index (κ2) is 5.28. The van der Waals surface area contributed by atoms with Crippen molar-refractivity contribution >= 4 is 11.5 Å². The number of imidazole rings is 1. The zero-order valence-electron chi connectivity index (χ0n) is 11.3. The van der Waals surface area contributed by atoms with E-state index in [1.165, 1.54) is 22.6 Å². The molecule has 0 atom stereocenters. The van der Waals surface area contributed by atoms with E-state index in [1.54, 1.807) is 24.3 Å². The molecule has 0 aliphatic heterocycles. The van der Waals surface area contributed by atoms with Gasteiger partial charge in [0.1, 0.15) is 6.61 Å². The number of nitrogens with zero attached hydrogens (tertiary/aromatic N) is 2. The molecule has 0 saturated heterocycles. The summed E-state index contributed by atoms with van der Waals surface area (Å²) in [7, 11) is 0. The summed E-state index contributed by atoms with van der Waals surface area (Å²) in [5, 5.41) is 28.8. The molecule has 0 spiro atoms. The molecule has 0 aliphatic carbocycles. The van der Waals surface area contributed by atoms with Crippen molar-refractivity contribution < 1.29 is 24.9 Å². The number of carboxylic acids is 1. The molecule has 112 valence electrons. The van der Waals surface area contributed by atoms with Crippen molar-refractivity contribution in [2.45, 2.75) is 6.61 Å². The number of ether oxygens (including phenoxy) is 1. The number of aromatic hydroxyl groups is 2. The number of aromatic nitrogens is 2. The van der Waals surface area contributed by atoms with Gasteiger partial charge in [-0.2, -0.15) is 0 Å². The smallest absolute Gasteiger partial charge is 0.356 e. The number of hydrogen-bond acceptors (Lipinski definition) is 5. The normalized spacial score (nSPS) is 10.7. The van der Waals surface area contributed by atoms with Crippen molar-refractivity contribution in [3.05, 3.63) is 54.0 Å². The average molecular weight is 300 g/mol. The third-order valence-corrected chi connectivity index (χ3v) is 3.14. The predicted molar refractivity (Wildman–Crippen MR) is 76.3 cm³/mol. The summed E-state index contributed by atoms with van der Waals surface area (Å²) in [5.41, 5.74) is 0.0927. The molecule has 7 heteroatoms. The number of rotatable bonds is 4. The Morgan fingerprint density at radius 2 is 1.91 bits per heavy atom. The zero-order valence-corrected chi connectivity index (χ0v) is 11.3. The Bertz CT molecular complexity index is 856. The molecule has 0 saturated carbocycles. The highest BCUT2D eigenvalue weighted by atomic mass is 16.5. The molecule has 3 N–H and O–H groups in total. The molecule has 0 amide bonds. The summed E-state index contributed by atoms with van der Waals surface area (Å²) in [6, 6.07) is 10.9. The van der Waals surface area contributed by atoms with Gasteiger partial charge in [0.2, 0.25) is 0 Å². The standard InChI is InChI=1S/C15H12N2O5/c18-10-5-1-2-6-11(10)22-8-12-16-14(15(20)21)9-4-3-7-13(19)17(9)12/h1-7,18-19H,8H2,(H,20,21). The van der Waals surface area contributed by atoms with Gasteiger partial charge in [-0.05, 0) is 24.3 Å². The number of para-hydroxylation sites is 2. The zero-order chi connectivity index (χ0) is 15.7. The van der Waals surface area contributed by atoms with Gasteiger partial charge in [-0.15, -0.1) is 0 Å². The molecule has 2 heterocycles. The summed E-state index contributed by atoms with van der Waals surface area (Å²) >= 11 is 0. The van der Waals surface area contributed by atoms with E-state index in [2.05, 4.69) is 4.98 Å². The lowest BCUT2D eigenvalue weighted by molar-refractivity contribution is 0.0693. The SMILES string of the molecule is O=C(O)c1nc(COc2ccccc2O)n2c(O)cccc12. The lowest BCUT2D eigenvalue weighted by Gasteiger charge is -2.07. The molecule has 1 aromatic carbocycles. The molecular formula is C15H12N2O5.